The molecule has 2 saturated heterocycles. The lowest BCUT2D eigenvalue weighted by molar-refractivity contribution is -0.135. The van der Waals surface area contributed by atoms with Crippen molar-refractivity contribution in [2.75, 3.05) is 49.1 Å². The fourth-order valence-electron chi connectivity index (χ4n) is 4.18. The predicted octanol–water partition coefficient (Wildman–Crippen LogP) is 1.64. The molecule has 3 fully saturated rings. The van der Waals surface area contributed by atoms with Crippen LogP contribution in [-0.2, 0) is 14.6 Å². The number of rotatable bonds is 5. The topological polar surface area (TPSA) is 60.9 Å². The van der Waals surface area contributed by atoms with Crippen molar-refractivity contribution in [1.29, 1.82) is 0 Å². The zero-order chi connectivity index (χ0) is 19.0. The molecule has 4 rings (SSSR count). The van der Waals surface area contributed by atoms with E-state index in [-0.39, 0.29) is 29.5 Å². The molecule has 2 heterocycles. The maximum absolute atomic E-state index is 13.0. The SMILES string of the molecule is O=C(CN1CCN(c2ccccc2Cl)CC1)N(C1CC1)[C@@H]1CCS(=O)(=O)C1. The van der Waals surface area contributed by atoms with E-state index in [0.717, 1.165) is 49.7 Å². The Morgan fingerprint density at radius 1 is 1.07 bits per heavy atom. The highest BCUT2D eigenvalue weighted by Gasteiger charge is 2.42. The fraction of sp³-hybridized carbons (Fsp3) is 0.632. The van der Waals surface area contributed by atoms with E-state index in [1.54, 1.807) is 0 Å². The molecule has 0 aromatic heterocycles. The van der Waals surface area contributed by atoms with Crippen molar-refractivity contribution in [3.05, 3.63) is 29.3 Å². The van der Waals surface area contributed by atoms with Gasteiger partial charge in [-0.1, -0.05) is 23.7 Å². The van der Waals surface area contributed by atoms with Crippen LogP contribution in [0.3, 0.4) is 0 Å². The first-order chi connectivity index (χ1) is 12.9. The van der Waals surface area contributed by atoms with E-state index in [9.17, 15) is 13.2 Å². The second-order valence-corrected chi connectivity index (χ2v) is 10.4. The number of anilines is 1. The summed E-state index contributed by atoms with van der Waals surface area (Å²) in [7, 11) is -2.98. The predicted molar refractivity (Wildman–Crippen MR) is 107 cm³/mol. The fourth-order valence-corrected chi connectivity index (χ4v) is 6.15. The van der Waals surface area contributed by atoms with E-state index in [4.69, 9.17) is 11.6 Å². The Balaban J connectivity index is 1.34. The molecule has 3 aliphatic rings. The molecule has 2 aliphatic heterocycles. The molecule has 27 heavy (non-hydrogen) atoms. The first-order valence-corrected chi connectivity index (χ1v) is 11.9. The van der Waals surface area contributed by atoms with Crippen molar-refractivity contribution in [2.24, 2.45) is 0 Å². The monoisotopic (exact) mass is 411 g/mol. The number of hydrogen-bond donors (Lipinski definition) is 0. The second-order valence-electron chi connectivity index (χ2n) is 7.80. The Labute approximate surface area is 166 Å². The van der Waals surface area contributed by atoms with E-state index in [1.807, 2.05) is 29.2 Å². The van der Waals surface area contributed by atoms with Gasteiger partial charge in [0.1, 0.15) is 0 Å². The van der Waals surface area contributed by atoms with Crippen molar-refractivity contribution < 1.29 is 13.2 Å². The molecular formula is C19H26ClN3O3S. The van der Waals surface area contributed by atoms with Crippen molar-refractivity contribution in [2.45, 2.75) is 31.3 Å². The molecule has 0 spiro atoms. The Morgan fingerprint density at radius 3 is 2.37 bits per heavy atom. The Kier molecular flexibility index (Phi) is 5.36. The highest BCUT2D eigenvalue weighted by molar-refractivity contribution is 7.91. The maximum atomic E-state index is 13.0. The lowest BCUT2D eigenvalue weighted by Crippen LogP contribution is -2.52. The average molecular weight is 412 g/mol. The Bertz CT molecular complexity index is 804. The van der Waals surface area contributed by atoms with Crippen LogP contribution in [0.15, 0.2) is 24.3 Å². The number of benzene rings is 1. The molecular weight excluding hydrogens is 386 g/mol. The van der Waals surface area contributed by atoms with Crippen LogP contribution < -0.4 is 4.90 Å². The zero-order valence-electron chi connectivity index (χ0n) is 15.4. The number of halogens is 1. The van der Waals surface area contributed by atoms with Crippen LogP contribution in [0, 0.1) is 0 Å². The van der Waals surface area contributed by atoms with Gasteiger partial charge in [0.15, 0.2) is 9.84 Å². The standard InChI is InChI=1S/C19H26ClN3O3S/c20-17-3-1-2-4-18(17)22-10-8-21(9-11-22)13-19(24)23(15-5-6-15)16-7-12-27(25,26)14-16/h1-4,15-16H,5-14H2/t16-/m1/s1. The highest BCUT2D eigenvalue weighted by atomic mass is 35.5. The van der Waals surface area contributed by atoms with Crippen LogP contribution in [0.25, 0.3) is 0 Å². The number of nitrogens with zero attached hydrogens (tertiary/aromatic N) is 3. The third kappa shape index (κ3) is 4.41. The Morgan fingerprint density at radius 2 is 1.78 bits per heavy atom. The van der Waals surface area contributed by atoms with E-state index < -0.39 is 9.84 Å². The first-order valence-electron chi connectivity index (χ1n) is 9.66. The summed E-state index contributed by atoms with van der Waals surface area (Å²) in [5.41, 5.74) is 1.04. The summed E-state index contributed by atoms with van der Waals surface area (Å²) in [6.45, 7) is 3.65. The third-order valence-electron chi connectivity index (χ3n) is 5.75. The molecule has 1 aliphatic carbocycles. The molecule has 1 aromatic carbocycles. The molecule has 0 unspecified atom stereocenters. The quantitative estimate of drug-likeness (QED) is 0.737. The van der Waals surface area contributed by atoms with Crippen LogP contribution in [0.5, 0.6) is 0 Å². The van der Waals surface area contributed by atoms with Crippen LogP contribution >= 0.6 is 11.6 Å². The van der Waals surface area contributed by atoms with Crippen LogP contribution in [0.4, 0.5) is 5.69 Å². The molecule has 0 bridgehead atoms. The third-order valence-corrected chi connectivity index (χ3v) is 7.82. The lowest BCUT2D eigenvalue weighted by atomic mass is 10.2. The summed E-state index contributed by atoms with van der Waals surface area (Å²) in [6.07, 6.45) is 2.59. The summed E-state index contributed by atoms with van der Waals surface area (Å²) in [4.78, 5) is 19.3. The van der Waals surface area contributed by atoms with Crippen LogP contribution in [0.2, 0.25) is 5.02 Å². The second kappa shape index (κ2) is 7.60. The molecule has 1 aromatic rings. The van der Waals surface area contributed by atoms with Crippen molar-refractivity contribution in [3.8, 4) is 0 Å². The molecule has 148 valence electrons. The van der Waals surface area contributed by atoms with E-state index in [0.29, 0.717) is 13.0 Å². The Hall–Kier alpha value is -1.31. The minimum absolute atomic E-state index is 0.0887. The smallest absolute Gasteiger partial charge is 0.237 e. The minimum Gasteiger partial charge on any atom is -0.368 e. The molecule has 8 heteroatoms. The van der Waals surface area contributed by atoms with E-state index in [1.165, 1.54) is 0 Å². The summed E-state index contributed by atoms with van der Waals surface area (Å²) >= 11 is 6.29. The number of carbonyl (C=O) groups excluding carboxylic acids is 1. The average Bonchev–Trinajstić information content (AvgIpc) is 3.39. The van der Waals surface area contributed by atoms with Gasteiger partial charge in [-0.15, -0.1) is 0 Å². The number of amides is 1. The number of para-hydroxylation sites is 1. The molecule has 0 N–H and O–H groups in total. The summed E-state index contributed by atoms with van der Waals surface area (Å²) < 4.78 is 23.7. The maximum Gasteiger partial charge on any atom is 0.237 e. The highest BCUT2D eigenvalue weighted by Crippen LogP contribution is 2.32. The molecule has 1 saturated carbocycles. The molecule has 6 nitrogen and oxygen atoms in total. The number of carbonyl (C=O) groups is 1. The number of piperazine rings is 1. The van der Waals surface area contributed by atoms with E-state index in [2.05, 4.69) is 9.80 Å². The number of hydrogen-bond acceptors (Lipinski definition) is 5. The number of sulfone groups is 1. The summed E-state index contributed by atoms with van der Waals surface area (Å²) in [5, 5.41) is 0.754. The van der Waals surface area contributed by atoms with Gasteiger partial charge in [0.2, 0.25) is 5.91 Å². The van der Waals surface area contributed by atoms with Gasteiger partial charge in [0, 0.05) is 38.3 Å². The van der Waals surface area contributed by atoms with Gasteiger partial charge in [-0.3, -0.25) is 9.69 Å². The van der Waals surface area contributed by atoms with Gasteiger partial charge in [0.25, 0.3) is 0 Å². The van der Waals surface area contributed by atoms with Gasteiger partial charge in [-0.05, 0) is 31.4 Å². The van der Waals surface area contributed by atoms with E-state index >= 15 is 0 Å². The van der Waals surface area contributed by atoms with Gasteiger partial charge >= 0.3 is 0 Å². The van der Waals surface area contributed by atoms with Crippen LogP contribution in [0.1, 0.15) is 19.3 Å². The van der Waals surface area contributed by atoms with Gasteiger partial charge in [-0.25, -0.2) is 8.42 Å². The lowest BCUT2D eigenvalue weighted by Gasteiger charge is -2.37. The van der Waals surface area contributed by atoms with Gasteiger partial charge in [0.05, 0.1) is 28.8 Å². The summed E-state index contributed by atoms with van der Waals surface area (Å²) in [5.74, 6) is 0.436. The van der Waals surface area contributed by atoms with Gasteiger partial charge in [-0.2, -0.15) is 0 Å². The molecule has 1 atom stereocenters. The van der Waals surface area contributed by atoms with Crippen molar-refractivity contribution >= 4 is 33.0 Å². The van der Waals surface area contributed by atoms with Gasteiger partial charge < -0.3 is 9.80 Å². The molecule has 1 amide bonds. The first kappa shape index (κ1) is 19.0. The normalized spacial score (nSPS) is 25.5. The van der Waals surface area contributed by atoms with Crippen molar-refractivity contribution in [3.63, 3.8) is 0 Å². The largest absolute Gasteiger partial charge is 0.368 e. The van der Waals surface area contributed by atoms with Crippen LogP contribution in [-0.4, -0.2) is 80.4 Å². The minimum atomic E-state index is -2.98. The van der Waals surface area contributed by atoms with Crippen molar-refractivity contribution in [1.82, 2.24) is 9.80 Å². The molecule has 0 radical (unpaired) electrons. The zero-order valence-corrected chi connectivity index (χ0v) is 17.0. The summed E-state index contributed by atoms with van der Waals surface area (Å²) in [6, 6.07) is 7.96.